The zero-order valence-electron chi connectivity index (χ0n) is 21.8. The van der Waals surface area contributed by atoms with Gasteiger partial charge in [-0.15, -0.1) is 0 Å². The van der Waals surface area contributed by atoms with Gasteiger partial charge in [0.1, 0.15) is 0 Å². The fraction of sp³-hybridized carbons (Fsp3) is 0.920. The van der Waals surface area contributed by atoms with E-state index in [0.717, 1.165) is 32.1 Å². The fourth-order valence-corrected chi connectivity index (χ4v) is 6.40. The van der Waals surface area contributed by atoms with Crippen molar-refractivity contribution in [2.24, 2.45) is 34.4 Å². The standard InChI is InChI=1S/C25H41F6N5O/c1-33-23(32)36-12-10-35(11-13-36)21(18-6-4-3-5-7-18)22(37)34(2)9-8-17-14-19(24(26,27)28)16-20(15-17)25(29,30)31/h17-21H,3-16H2,1-2H3,(H2,32,33). The van der Waals surface area contributed by atoms with Gasteiger partial charge in [0.05, 0.1) is 17.9 Å². The third-order valence-corrected chi connectivity index (χ3v) is 8.59. The van der Waals surface area contributed by atoms with Gasteiger partial charge >= 0.3 is 12.4 Å². The molecule has 0 aromatic heterocycles. The Morgan fingerprint density at radius 2 is 1.49 bits per heavy atom. The summed E-state index contributed by atoms with van der Waals surface area (Å²) in [6, 6.07) is -0.343. The highest BCUT2D eigenvalue weighted by atomic mass is 19.4. The van der Waals surface area contributed by atoms with Gasteiger partial charge in [-0.3, -0.25) is 14.7 Å². The van der Waals surface area contributed by atoms with Crippen LogP contribution in [0.3, 0.4) is 0 Å². The highest BCUT2D eigenvalue weighted by Crippen LogP contribution is 2.48. The number of halogens is 6. The molecular weight excluding hydrogens is 500 g/mol. The molecule has 2 aliphatic carbocycles. The minimum atomic E-state index is -4.65. The van der Waals surface area contributed by atoms with Crippen LogP contribution in [0.15, 0.2) is 4.99 Å². The van der Waals surface area contributed by atoms with E-state index in [0.29, 0.717) is 32.1 Å². The molecule has 37 heavy (non-hydrogen) atoms. The number of hydrogen-bond donors (Lipinski definition) is 1. The van der Waals surface area contributed by atoms with Crippen molar-refractivity contribution >= 4 is 11.9 Å². The SMILES string of the molecule is CN=C(N)N1CCN(C(C(=O)N(C)CCC2CC(C(F)(F)F)CC(C(F)(F)F)C2)C2CCCCC2)CC1. The molecule has 1 heterocycles. The van der Waals surface area contributed by atoms with Gasteiger partial charge in [0.25, 0.3) is 0 Å². The first-order valence-corrected chi connectivity index (χ1v) is 13.4. The number of carbonyl (C=O) groups is 1. The lowest BCUT2D eigenvalue weighted by molar-refractivity contribution is -0.229. The number of guanidine groups is 1. The average Bonchev–Trinajstić information content (AvgIpc) is 2.86. The van der Waals surface area contributed by atoms with E-state index in [2.05, 4.69) is 9.89 Å². The first kappa shape index (κ1) is 29.8. The van der Waals surface area contributed by atoms with Crippen molar-refractivity contribution in [1.29, 1.82) is 0 Å². The Bertz CT molecular complexity index is 753. The molecule has 0 spiro atoms. The van der Waals surface area contributed by atoms with E-state index in [1.807, 2.05) is 4.90 Å². The van der Waals surface area contributed by atoms with Crippen LogP contribution in [0.2, 0.25) is 0 Å². The molecule has 2 saturated carbocycles. The van der Waals surface area contributed by atoms with Crippen LogP contribution >= 0.6 is 0 Å². The van der Waals surface area contributed by atoms with Crippen LogP contribution in [0.25, 0.3) is 0 Å². The molecule has 2 N–H and O–H groups in total. The normalized spacial score (nSPS) is 28.3. The van der Waals surface area contributed by atoms with Crippen molar-refractivity contribution in [1.82, 2.24) is 14.7 Å². The average molecular weight is 542 g/mol. The monoisotopic (exact) mass is 541 g/mol. The molecule has 12 heteroatoms. The maximum Gasteiger partial charge on any atom is 0.391 e. The summed E-state index contributed by atoms with van der Waals surface area (Å²) in [4.78, 5) is 23.4. The molecular formula is C25H41F6N5O. The van der Waals surface area contributed by atoms with E-state index in [-0.39, 0.29) is 43.7 Å². The molecule has 0 radical (unpaired) electrons. The highest BCUT2D eigenvalue weighted by molar-refractivity contribution is 5.82. The van der Waals surface area contributed by atoms with Crippen molar-refractivity contribution in [3.05, 3.63) is 0 Å². The number of rotatable bonds is 6. The van der Waals surface area contributed by atoms with Gasteiger partial charge in [-0.05, 0) is 50.4 Å². The zero-order valence-corrected chi connectivity index (χ0v) is 21.8. The maximum atomic E-state index is 13.7. The molecule has 1 saturated heterocycles. The first-order chi connectivity index (χ1) is 17.3. The predicted molar refractivity (Wildman–Crippen MR) is 130 cm³/mol. The minimum Gasteiger partial charge on any atom is -0.370 e. The molecule has 3 fully saturated rings. The molecule has 1 amide bonds. The predicted octanol–water partition coefficient (Wildman–Crippen LogP) is 4.50. The Hall–Kier alpha value is -1.72. The molecule has 214 valence electrons. The number of piperazine rings is 1. The van der Waals surface area contributed by atoms with Crippen molar-refractivity contribution in [2.45, 2.75) is 76.2 Å². The van der Waals surface area contributed by atoms with Crippen LogP contribution in [0, 0.1) is 23.7 Å². The maximum absolute atomic E-state index is 13.7. The largest absolute Gasteiger partial charge is 0.391 e. The number of nitrogens with zero attached hydrogens (tertiary/aromatic N) is 4. The lowest BCUT2D eigenvalue weighted by Gasteiger charge is -2.44. The Balaban J connectivity index is 1.66. The van der Waals surface area contributed by atoms with E-state index in [9.17, 15) is 31.1 Å². The van der Waals surface area contributed by atoms with Crippen LogP contribution in [0.4, 0.5) is 26.3 Å². The second-order valence-corrected chi connectivity index (χ2v) is 11.0. The molecule has 0 aromatic rings. The number of amides is 1. The van der Waals surface area contributed by atoms with Crippen molar-refractivity contribution in [3.8, 4) is 0 Å². The smallest absolute Gasteiger partial charge is 0.370 e. The number of hydrogen-bond acceptors (Lipinski definition) is 3. The van der Waals surface area contributed by atoms with E-state index in [4.69, 9.17) is 5.73 Å². The van der Waals surface area contributed by atoms with Gasteiger partial charge in [-0.1, -0.05) is 19.3 Å². The summed E-state index contributed by atoms with van der Waals surface area (Å²) in [5, 5.41) is 0. The molecule has 0 bridgehead atoms. The minimum absolute atomic E-state index is 0.0898. The number of carbonyl (C=O) groups excluding carboxylic acids is 1. The van der Waals surface area contributed by atoms with E-state index < -0.39 is 36.5 Å². The lowest BCUT2D eigenvalue weighted by Crippen LogP contribution is -2.59. The van der Waals surface area contributed by atoms with Gasteiger partial charge in [0.15, 0.2) is 5.96 Å². The Kier molecular flexibility index (Phi) is 10.0. The Morgan fingerprint density at radius 1 is 0.946 bits per heavy atom. The Labute approximate surface area is 215 Å². The summed E-state index contributed by atoms with van der Waals surface area (Å²) < 4.78 is 80.2. The highest BCUT2D eigenvalue weighted by Gasteiger charge is 2.51. The third kappa shape index (κ3) is 7.89. The summed E-state index contributed by atoms with van der Waals surface area (Å²) in [5.74, 6) is -4.08. The summed E-state index contributed by atoms with van der Waals surface area (Å²) in [5.41, 5.74) is 5.95. The molecule has 3 rings (SSSR count). The quantitative estimate of drug-likeness (QED) is 0.306. The third-order valence-electron chi connectivity index (χ3n) is 8.59. The second-order valence-electron chi connectivity index (χ2n) is 11.0. The fourth-order valence-electron chi connectivity index (χ4n) is 6.40. The zero-order chi connectivity index (χ0) is 27.4. The number of alkyl halides is 6. The first-order valence-electron chi connectivity index (χ1n) is 13.4. The van der Waals surface area contributed by atoms with Crippen LogP contribution in [0.5, 0.6) is 0 Å². The summed E-state index contributed by atoms with van der Waals surface area (Å²) in [7, 11) is 3.26. The van der Waals surface area contributed by atoms with Crippen molar-refractivity contribution in [2.75, 3.05) is 46.8 Å². The van der Waals surface area contributed by atoms with Crippen LogP contribution in [0.1, 0.15) is 57.8 Å². The van der Waals surface area contributed by atoms with Gasteiger partial charge in [-0.2, -0.15) is 26.3 Å². The van der Waals surface area contributed by atoms with Gasteiger partial charge in [0, 0.05) is 46.8 Å². The second kappa shape index (κ2) is 12.4. The summed E-state index contributed by atoms with van der Waals surface area (Å²) in [6.07, 6.45) is -5.59. The van der Waals surface area contributed by atoms with E-state index >= 15 is 0 Å². The van der Waals surface area contributed by atoms with Crippen LogP contribution in [-0.2, 0) is 4.79 Å². The molecule has 3 atom stereocenters. The van der Waals surface area contributed by atoms with E-state index in [1.54, 1.807) is 14.1 Å². The van der Waals surface area contributed by atoms with E-state index in [1.165, 1.54) is 4.90 Å². The summed E-state index contributed by atoms with van der Waals surface area (Å²) >= 11 is 0. The Morgan fingerprint density at radius 3 is 1.97 bits per heavy atom. The summed E-state index contributed by atoms with van der Waals surface area (Å²) in [6.45, 7) is 2.71. The molecule has 6 nitrogen and oxygen atoms in total. The van der Waals surface area contributed by atoms with Crippen LogP contribution < -0.4 is 5.73 Å². The van der Waals surface area contributed by atoms with Crippen LogP contribution in [-0.4, -0.2) is 91.8 Å². The molecule has 3 aliphatic rings. The van der Waals surface area contributed by atoms with Crippen molar-refractivity contribution in [3.63, 3.8) is 0 Å². The number of likely N-dealkylation sites (N-methyl/N-ethyl adjacent to an activating group) is 1. The topological polar surface area (TPSA) is 65.2 Å². The van der Waals surface area contributed by atoms with Gasteiger partial charge in [-0.25, -0.2) is 0 Å². The van der Waals surface area contributed by atoms with Crippen molar-refractivity contribution < 1.29 is 31.1 Å². The molecule has 1 aliphatic heterocycles. The molecule has 0 aromatic carbocycles. The number of aliphatic imine (C=N–C) groups is 1. The number of nitrogens with two attached hydrogens (primary N) is 1. The lowest BCUT2D eigenvalue weighted by atomic mass is 9.73. The van der Waals surface area contributed by atoms with Gasteiger partial charge in [0.2, 0.25) is 5.91 Å². The molecule has 3 unspecified atom stereocenters. The van der Waals surface area contributed by atoms with Gasteiger partial charge < -0.3 is 15.5 Å².